The summed E-state index contributed by atoms with van der Waals surface area (Å²) in [4.78, 5) is 5.35. The first-order valence-corrected chi connectivity index (χ1v) is 17.0. The van der Waals surface area contributed by atoms with E-state index in [9.17, 15) is 0 Å². The minimum Gasteiger partial charge on any atom is -0.356 e. The van der Waals surface area contributed by atoms with Crippen LogP contribution in [0.1, 0.15) is 188 Å². The van der Waals surface area contributed by atoms with Gasteiger partial charge in [-0.1, -0.05) is 162 Å². The van der Waals surface area contributed by atoms with Crippen LogP contribution >= 0.6 is 0 Å². The Balaban J connectivity index is 2.02. The van der Waals surface area contributed by atoms with E-state index in [1.54, 1.807) is 0 Å². The molecule has 1 rings (SSSR count). The van der Waals surface area contributed by atoms with E-state index in [1.165, 1.54) is 180 Å². The van der Waals surface area contributed by atoms with Crippen molar-refractivity contribution >= 4 is 0 Å². The Kier molecular flexibility index (Phi) is 24.1. The van der Waals surface area contributed by atoms with Crippen LogP contribution in [0.2, 0.25) is 0 Å². The average Bonchev–Trinajstić information content (AvgIpc) is 3.27. The van der Waals surface area contributed by atoms with E-state index in [4.69, 9.17) is 0 Å². The van der Waals surface area contributed by atoms with Crippen LogP contribution in [0.5, 0.6) is 0 Å². The summed E-state index contributed by atoms with van der Waals surface area (Å²) in [5.74, 6) is 0. The fraction of sp³-hybridized carbons (Fsp3) is 0.941. The first-order chi connectivity index (χ1) is 17.8. The molecule has 0 aromatic carbocycles. The van der Waals surface area contributed by atoms with Crippen LogP contribution in [0.4, 0.5) is 0 Å². The molecule has 2 nitrogen and oxygen atoms in total. The van der Waals surface area contributed by atoms with E-state index in [0.717, 1.165) is 0 Å². The topological polar surface area (TPSA) is 6.48 Å². The first-order valence-electron chi connectivity index (χ1n) is 17.0. The van der Waals surface area contributed by atoms with Gasteiger partial charge in [0.2, 0.25) is 0 Å². The molecule has 0 spiro atoms. The van der Waals surface area contributed by atoms with E-state index in [-0.39, 0.29) is 0 Å². The number of rotatable bonds is 28. The summed E-state index contributed by atoms with van der Waals surface area (Å²) < 4.78 is 0. The molecule has 1 aliphatic heterocycles. The number of nitrogens with zero attached hydrogens (tertiary/aromatic N) is 2. The lowest BCUT2D eigenvalue weighted by atomic mass is 10.0. The van der Waals surface area contributed by atoms with E-state index in [1.807, 2.05) is 0 Å². The van der Waals surface area contributed by atoms with Gasteiger partial charge in [-0.25, -0.2) is 0 Å². The Morgan fingerprint density at radius 1 is 0.361 bits per heavy atom. The molecule has 1 unspecified atom stereocenters. The second-order valence-electron chi connectivity index (χ2n) is 11.8. The van der Waals surface area contributed by atoms with Crippen molar-refractivity contribution in [2.75, 3.05) is 13.1 Å². The molecule has 1 heterocycles. The predicted octanol–water partition coefficient (Wildman–Crippen LogP) is 11.6. The molecule has 0 bridgehead atoms. The molecule has 1 aliphatic rings. The molecule has 0 N–H and O–H groups in total. The Morgan fingerprint density at radius 2 is 0.639 bits per heavy atom. The molecule has 36 heavy (non-hydrogen) atoms. The van der Waals surface area contributed by atoms with Gasteiger partial charge in [0.15, 0.2) is 0 Å². The van der Waals surface area contributed by atoms with Gasteiger partial charge in [0.25, 0.3) is 0 Å². The fourth-order valence-electron chi connectivity index (χ4n) is 5.83. The highest BCUT2D eigenvalue weighted by Crippen LogP contribution is 2.23. The molecule has 214 valence electrons. The Bertz CT molecular complexity index is 460. The van der Waals surface area contributed by atoms with Gasteiger partial charge in [0.1, 0.15) is 6.17 Å². The van der Waals surface area contributed by atoms with E-state index >= 15 is 0 Å². The zero-order valence-electron chi connectivity index (χ0n) is 25.4. The second-order valence-corrected chi connectivity index (χ2v) is 11.8. The van der Waals surface area contributed by atoms with Crippen molar-refractivity contribution in [1.29, 1.82) is 0 Å². The van der Waals surface area contributed by atoms with Crippen LogP contribution in [0, 0.1) is 0 Å². The van der Waals surface area contributed by atoms with Crippen molar-refractivity contribution in [3.8, 4) is 0 Å². The number of hydrogen-bond donors (Lipinski definition) is 0. The normalized spacial score (nSPS) is 15.5. The van der Waals surface area contributed by atoms with Gasteiger partial charge < -0.3 is 9.80 Å². The van der Waals surface area contributed by atoms with Crippen molar-refractivity contribution in [2.45, 2.75) is 194 Å². The molecule has 0 amide bonds. The lowest BCUT2D eigenvalue weighted by Gasteiger charge is -2.33. The third kappa shape index (κ3) is 18.6. The van der Waals surface area contributed by atoms with Crippen molar-refractivity contribution in [3.05, 3.63) is 12.4 Å². The molecule has 0 aromatic rings. The highest BCUT2D eigenvalue weighted by molar-refractivity contribution is 4.97. The van der Waals surface area contributed by atoms with Gasteiger partial charge in [-0.15, -0.1) is 0 Å². The summed E-state index contributed by atoms with van der Waals surface area (Å²) >= 11 is 0. The van der Waals surface area contributed by atoms with Crippen molar-refractivity contribution in [3.63, 3.8) is 0 Å². The molecule has 1 atom stereocenters. The summed E-state index contributed by atoms with van der Waals surface area (Å²) in [6, 6.07) is 0. The largest absolute Gasteiger partial charge is 0.356 e. The van der Waals surface area contributed by atoms with Crippen molar-refractivity contribution in [2.24, 2.45) is 0 Å². The van der Waals surface area contributed by atoms with Crippen LogP contribution in [-0.4, -0.2) is 29.1 Å². The molecule has 2 heteroatoms. The quantitative estimate of drug-likeness (QED) is 0.0977. The third-order valence-electron chi connectivity index (χ3n) is 8.32. The molecule has 0 aliphatic carbocycles. The lowest BCUT2D eigenvalue weighted by molar-refractivity contribution is 0.135. The maximum Gasteiger partial charge on any atom is 0.101 e. The summed E-state index contributed by atoms with van der Waals surface area (Å²) in [5.41, 5.74) is 0. The van der Waals surface area contributed by atoms with E-state index in [0.29, 0.717) is 6.17 Å². The summed E-state index contributed by atoms with van der Waals surface area (Å²) in [5, 5.41) is 0. The highest BCUT2D eigenvalue weighted by Gasteiger charge is 2.24. The van der Waals surface area contributed by atoms with Gasteiger partial charge in [-0.3, -0.25) is 0 Å². The van der Waals surface area contributed by atoms with Gasteiger partial charge in [0, 0.05) is 25.5 Å². The van der Waals surface area contributed by atoms with Crippen LogP contribution < -0.4 is 0 Å². The number of hydrogen-bond acceptors (Lipinski definition) is 2. The molecule has 0 radical (unpaired) electrons. The average molecular weight is 505 g/mol. The van der Waals surface area contributed by atoms with E-state index in [2.05, 4.69) is 43.0 Å². The predicted molar refractivity (Wildman–Crippen MR) is 163 cm³/mol. The van der Waals surface area contributed by atoms with Gasteiger partial charge in [-0.05, 0) is 25.7 Å². The molecule has 0 saturated carbocycles. The first kappa shape index (κ1) is 33.4. The Hall–Kier alpha value is -0.660. The Labute approximate surface area is 229 Å². The molecule has 0 aromatic heterocycles. The molecule has 0 fully saturated rings. The SMILES string of the molecule is CCCCCCCCCCCCCCCCCCN1C=CN(CCCCCCCC)C1CCCCC. The number of unbranched alkanes of at least 4 members (excludes halogenated alkanes) is 22. The van der Waals surface area contributed by atoms with E-state index < -0.39 is 0 Å². The zero-order chi connectivity index (χ0) is 25.9. The molecular weight excluding hydrogens is 436 g/mol. The standard InChI is InChI=1S/C34H68N2/c1-4-7-10-12-14-15-16-17-18-19-20-21-22-23-25-28-31-36-33-32-35(34(36)29-26-9-6-3)30-27-24-13-11-8-5-2/h32-34H,4-31H2,1-3H3. The smallest absolute Gasteiger partial charge is 0.101 e. The van der Waals surface area contributed by atoms with Gasteiger partial charge in [0.05, 0.1) is 0 Å². The maximum absolute atomic E-state index is 2.68. The molecule has 0 saturated heterocycles. The van der Waals surface area contributed by atoms with Crippen LogP contribution in [-0.2, 0) is 0 Å². The van der Waals surface area contributed by atoms with Crippen LogP contribution in [0.15, 0.2) is 12.4 Å². The molecular formula is C34H68N2. The van der Waals surface area contributed by atoms with Crippen LogP contribution in [0.3, 0.4) is 0 Å². The fourth-order valence-corrected chi connectivity index (χ4v) is 5.83. The van der Waals surface area contributed by atoms with Crippen molar-refractivity contribution < 1.29 is 0 Å². The zero-order valence-corrected chi connectivity index (χ0v) is 25.4. The summed E-state index contributed by atoms with van der Waals surface area (Å²) in [6.07, 6.45) is 42.5. The second kappa shape index (κ2) is 26.0. The highest BCUT2D eigenvalue weighted by atomic mass is 15.4. The summed E-state index contributed by atoms with van der Waals surface area (Å²) in [6.45, 7) is 9.47. The third-order valence-corrected chi connectivity index (χ3v) is 8.32. The monoisotopic (exact) mass is 505 g/mol. The lowest BCUT2D eigenvalue weighted by Crippen LogP contribution is -2.39. The minimum absolute atomic E-state index is 0.642. The minimum atomic E-state index is 0.642. The van der Waals surface area contributed by atoms with Crippen molar-refractivity contribution in [1.82, 2.24) is 9.80 Å². The summed E-state index contributed by atoms with van der Waals surface area (Å²) in [7, 11) is 0. The van der Waals surface area contributed by atoms with Gasteiger partial charge >= 0.3 is 0 Å². The van der Waals surface area contributed by atoms with Crippen LogP contribution in [0.25, 0.3) is 0 Å². The maximum atomic E-state index is 2.68. The van der Waals surface area contributed by atoms with Gasteiger partial charge in [-0.2, -0.15) is 0 Å². The Morgan fingerprint density at radius 3 is 0.972 bits per heavy atom.